The summed E-state index contributed by atoms with van der Waals surface area (Å²) in [6.45, 7) is 4.65. The number of imide groups is 1. The Balaban J connectivity index is 1.58. The number of pyridine rings is 1. The molecular formula is C18H24F3N5O2. The van der Waals surface area contributed by atoms with E-state index in [9.17, 15) is 22.8 Å². The van der Waals surface area contributed by atoms with Gasteiger partial charge in [0, 0.05) is 32.4 Å². The zero-order chi connectivity index (χ0) is 20.3. The molecule has 2 fully saturated rings. The minimum Gasteiger partial charge on any atom is -0.355 e. The molecule has 1 aromatic rings. The van der Waals surface area contributed by atoms with E-state index in [1.807, 2.05) is 16.7 Å². The summed E-state index contributed by atoms with van der Waals surface area (Å²) >= 11 is 0. The maximum Gasteiger partial charge on any atom is 0.417 e. The van der Waals surface area contributed by atoms with Crippen LogP contribution in [0.25, 0.3) is 0 Å². The van der Waals surface area contributed by atoms with Crippen LogP contribution in [0.4, 0.5) is 23.8 Å². The van der Waals surface area contributed by atoms with E-state index in [2.05, 4.69) is 10.3 Å². The van der Waals surface area contributed by atoms with Gasteiger partial charge in [-0.2, -0.15) is 13.2 Å². The van der Waals surface area contributed by atoms with Gasteiger partial charge >= 0.3 is 12.2 Å². The number of alkyl halides is 3. The van der Waals surface area contributed by atoms with E-state index in [1.165, 1.54) is 11.0 Å². The molecule has 2 aliphatic heterocycles. The second-order valence-electron chi connectivity index (χ2n) is 7.06. The zero-order valence-electron chi connectivity index (χ0n) is 15.7. The molecule has 1 aromatic heterocycles. The minimum absolute atomic E-state index is 0.197. The van der Waals surface area contributed by atoms with Gasteiger partial charge in [-0.05, 0) is 25.0 Å². The summed E-state index contributed by atoms with van der Waals surface area (Å²) in [6.07, 6.45) is -1.37. The average Bonchev–Trinajstić information content (AvgIpc) is 2.82. The highest BCUT2D eigenvalue weighted by atomic mass is 19.4. The Morgan fingerprint density at radius 2 is 1.96 bits per heavy atom. The van der Waals surface area contributed by atoms with E-state index in [0.717, 1.165) is 25.1 Å². The van der Waals surface area contributed by atoms with E-state index >= 15 is 0 Å². The Kier molecular flexibility index (Phi) is 6.07. The van der Waals surface area contributed by atoms with Crippen molar-refractivity contribution in [2.24, 2.45) is 0 Å². The van der Waals surface area contributed by atoms with Gasteiger partial charge in [-0.1, -0.05) is 13.3 Å². The third-order valence-electron chi connectivity index (χ3n) is 5.01. The van der Waals surface area contributed by atoms with Crippen molar-refractivity contribution < 1.29 is 22.8 Å². The summed E-state index contributed by atoms with van der Waals surface area (Å²) in [5.74, 6) is 0.296. The highest BCUT2D eigenvalue weighted by molar-refractivity contribution is 6.04. The first-order valence-corrected chi connectivity index (χ1v) is 9.42. The lowest BCUT2D eigenvalue weighted by molar-refractivity contribution is -0.137. The number of anilines is 1. The number of rotatable bonds is 5. The van der Waals surface area contributed by atoms with Gasteiger partial charge in [0.2, 0.25) is 0 Å². The summed E-state index contributed by atoms with van der Waals surface area (Å²) in [5.41, 5.74) is -0.770. The monoisotopic (exact) mass is 399 g/mol. The van der Waals surface area contributed by atoms with Gasteiger partial charge in [-0.15, -0.1) is 0 Å². The van der Waals surface area contributed by atoms with Crippen LogP contribution in [-0.4, -0.2) is 65.6 Å². The first kappa shape index (κ1) is 20.4. The van der Waals surface area contributed by atoms with E-state index in [0.29, 0.717) is 38.4 Å². The molecule has 7 nitrogen and oxygen atoms in total. The maximum absolute atomic E-state index is 12.7. The fourth-order valence-corrected chi connectivity index (χ4v) is 3.48. The molecule has 0 bridgehead atoms. The van der Waals surface area contributed by atoms with Crippen LogP contribution in [0.5, 0.6) is 0 Å². The molecule has 0 aromatic carbocycles. The number of hydrogen-bond acceptors (Lipinski definition) is 5. The van der Waals surface area contributed by atoms with Crippen molar-refractivity contribution in [2.75, 3.05) is 37.7 Å². The maximum atomic E-state index is 12.7. The van der Waals surface area contributed by atoms with E-state index in [-0.39, 0.29) is 18.6 Å². The third-order valence-corrected chi connectivity index (χ3v) is 5.01. The summed E-state index contributed by atoms with van der Waals surface area (Å²) < 4.78 is 38.1. The first-order valence-electron chi connectivity index (χ1n) is 9.42. The first-order chi connectivity index (χ1) is 13.3. The number of aromatic nitrogens is 1. The van der Waals surface area contributed by atoms with Crippen molar-refractivity contribution in [2.45, 2.75) is 38.4 Å². The number of carbonyl (C=O) groups is 2. The predicted octanol–water partition coefficient (Wildman–Crippen LogP) is 2.29. The van der Waals surface area contributed by atoms with Crippen molar-refractivity contribution in [1.82, 2.24) is 20.1 Å². The number of urea groups is 1. The highest BCUT2D eigenvalue weighted by Crippen LogP contribution is 2.29. The van der Waals surface area contributed by atoms with Crippen molar-refractivity contribution in [3.8, 4) is 0 Å². The van der Waals surface area contributed by atoms with Gasteiger partial charge in [0.15, 0.2) is 0 Å². The normalized spacial score (nSPS) is 21.8. The lowest BCUT2D eigenvalue weighted by Gasteiger charge is -2.25. The summed E-state index contributed by atoms with van der Waals surface area (Å²) in [5, 5.41) is 2.71. The van der Waals surface area contributed by atoms with Crippen LogP contribution in [0.2, 0.25) is 0 Å². The van der Waals surface area contributed by atoms with Crippen molar-refractivity contribution in [3.05, 3.63) is 23.9 Å². The average molecular weight is 399 g/mol. The van der Waals surface area contributed by atoms with Gasteiger partial charge in [-0.3, -0.25) is 9.69 Å². The molecule has 0 radical (unpaired) electrons. The van der Waals surface area contributed by atoms with Crippen molar-refractivity contribution in [3.63, 3.8) is 0 Å². The van der Waals surface area contributed by atoms with Gasteiger partial charge in [0.05, 0.1) is 12.2 Å². The largest absolute Gasteiger partial charge is 0.417 e. The second kappa shape index (κ2) is 8.34. The lowest BCUT2D eigenvalue weighted by Crippen LogP contribution is -2.43. The minimum atomic E-state index is -4.40. The molecule has 3 amide bonds. The molecule has 1 unspecified atom stereocenters. The summed E-state index contributed by atoms with van der Waals surface area (Å²) in [6, 6.07) is 1.60. The molecule has 10 heteroatoms. The number of hydrogen-bond donors (Lipinski definition) is 1. The molecule has 3 heterocycles. The SMILES string of the molecule is CCCC1NC(=O)N(CN2CCCN(c3ccc(C(F)(F)F)cn3)CC2)C1=O. The number of carbonyl (C=O) groups excluding carboxylic acids is 2. The quantitative estimate of drug-likeness (QED) is 0.770. The fourth-order valence-electron chi connectivity index (χ4n) is 3.48. The van der Waals surface area contributed by atoms with Crippen molar-refractivity contribution in [1.29, 1.82) is 0 Å². The Morgan fingerprint density at radius 3 is 2.61 bits per heavy atom. The van der Waals surface area contributed by atoms with Crippen LogP contribution in [0, 0.1) is 0 Å². The van der Waals surface area contributed by atoms with Crippen LogP contribution in [0.3, 0.4) is 0 Å². The lowest BCUT2D eigenvalue weighted by atomic mass is 10.2. The third kappa shape index (κ3) is 4.54. The standard InChI is InChI=1S/C18H24F3N5O2/c1-2-4-14-16(27)26(17(28)23-14)12-24-7-3-8-25(10-9-24)15-6-5-13(11-22-15)18(19,20)21/h5-6,11,14H,2-4,7-10,12H2,1H3,(H,23,28). The van der Waals surface area contributed by atoms with Gasteiger partial charge in [0.25, 0.3) is 5.91 Å². The van der Waals surface area contributed by atoms with Crippen LogP contribution < -0.4 is 10.2 Å². The summed E-state index contributed by atoms with van der Waals surface area (Å²) in [7, 11) is 0. The molecule has 2 aliphatic rings. The van der Waals surface area contributed by atoms with E-state index < -0.39 is 17.8 Å². The number of nitrogens with one attached hydrogen (secondary N) is 1. The molecule has 0 aliphatic carbocycles. The smallest absolute Gasteiger partial charge is 0.355 e. The fraction of sp³-hybridized carbons (Fsp3) is 0.611. The molecule has 3 rings (SSSR count). The highest BCUT2D eigenvalue weighted by Gasteiger charge is 2.38. The molecule has 2 saturated heterocycles. The number of amides is 3. The Morgan fingerprint density at radius 1 is 1.18 bits per heavy atom. The van der Waals surface area contributed by atoms with Crippen molar-refractivity contribution >= 4 is 17.8 Å². The molecule has 1 N–H and O–H groups in total. The number of nitrogens with zero attached hydrogens (tertiary/aromatic N) is 4. The number of halogens is 3. The van der Waals surface area contributed by atoms with Crippen LogP contribution in [0.15, 0.2) is 18.3 Å². The second-order valence-corrected chi connectivity index (χ2v) is 7.06. The Bertz CT molecular complexity index is 710. The molecule has 154 valence electrons. The van der Waals surface area contributed by atoms with E-state index in [4.69, 9.17) is 0 Å². The van der Waals surface area contributed by atoms with Gasteiger partial charge < -0.3 is 10.2 Å². The molecule has 28 heavy (non-hydrogen) atoms. The Hall–Kier alpha value is -2.36. The molecular weight excluding hydrogens is 375 g/mol. The van der Waals surface area contributed by atoms with Gasteiger partial charge in [-0.25, -0.2) is 14.7 Å². The summed E-state index contributed by atoms with van der Waals surface area (Å²) in [4.78, 5) is 33.6. The zero-order valence-corrected chi connectivity index (χ0v) is 15.7. The van der Waals surface area contributed by atoms with Crippen LogP contribution >= 0.6 is 0 Å². The molecule has 0 saturated carbocycles. The predicted molar refractivity (Wildman–Crippen MR) is 96.6 cm³/mol. The van der Waals surface area contributed by atoms with Crippen LogP contribution in [-0.2, 0) is 11.0 Å². The van der Waals surface area contributed by atoms with Crippen LogP contribution in [0.1, 0.15) is 31.7 Å². The Labute approximate surface area is 161 Å². The molecule has 0 spiro atoms. The van der Waals surface area contributed by atoms with Gasteiger partial charge in [0.1, 0.15) is 11.9 Å². The topological polar surface area (TPSA) is 68.8 Å². The molecule has 1 atom stereocenters. The van der Waals surface area contributed by atoms with E-state index in [1.54, 1.807) is 0 Å².